The van der Waals surface area contributed by atoms with E-state index in [0.717, 1.165) is 5.57 Å². The maximum Gasteiger partial charge on any atom is 0.305 e. The number of aliphatic hydroxyl groups excluding tert-OH is 1. The molecule has 0 unspecified atom stereocenters. The number of phenols is 2. The topological polar surface area (TPSA) is 179 Å². The van der Waals surface area contributed by atoms with Crippen LogP contribution in [0.15, 0.2) is 27.3 Å². The van der Waals surface area contributed by atoms with Crippen molar-refractivity contribution in [2.75, 3.05) is 72.8 Å². The molecule has 4 N–H and O–H groups in total. The highest BCUT2D eigenvalue weighted by molar-refractivity contribution is 6.39. The number of ether oxygens (including phenoxy) is 6. The minimum atomic E-state index is -0.471. The average molecular weight is 704 g/mol. The Morgan fingerprint density at radius 3 is 1.98 bits per heavy atom. The van der Waals surface area contributed by atoms with Crippen molar-refractivity contribution in [1.29, 1.82) is 0 Å². The van der Waals surface area contributed by atoms with Crippen molar-refractivity contribution in [3.8, 4) is 28.7 Å². The van der Waals surface area contributed by atoms with Crippen LogP contribution in [0, 0.1) is 0 Å². The number of fused-ring (bicyclic) bond motifs is 1. The number of carbonyl (C=O) groups excluding carboxylic acids is 1. The molecule has 0 amide bonds. The normalized spacial score (nSPS) is 12.6. The van der Waals surface area contributed by atoms with E-state index in [0.29, 0.717) is 88.2 Å². The lowest BCUT2D eigenvalue weighted by Gasteiger charge is -2.24. The number of benzene rings is 5. The first-order chi connectivity index (χ1) is 24.7. The van der Waals surface area contributed by atoms with Gasteiger partial charge >= 0.3 is 5.97 Å². The molecule has 5 aromatic rings. The minimum absolute atomic E-state index is 0.0421. The van der Waals surface area contributed by atoms with Crippen LogP contribution in [-0.2, 0) is 25.4 Å². The monoisotopic (exact) mass is 703 g/mol. The molecule has 0 spiro atoms. The Morgan fingerprint density at radius 2 is 1.35 bits per heavy atom. The van der Waals surface area contributed by atoms with Gasteiger partial charge in [-0.1, -0.05) is 11.6 Å². The van der Waals surface area contributed by atoms with E-state index >= 15 is 0 Å². The van der Waals surface area contributed by atoms with Gasteiger partial charge in [-0.15, -0.1) is 0 Å². The van der Waals surface area contributed by atoms with Gasteiger partial charge in [-0.25, -0.2) is 0 Å². The molecule has 0 atom stereocenters. The van der Waals surface area contributed by atoms with Crippen molar-refractivity contribution in [1.82, 2.24) is 0 Å². The number of aromatic hydroxyl groups is 2. The molecule has 0 radical (unpaired) electrons. The number of methoxy groups -OCH3 is 3. The summed E-state index contributed by atoms with van der Waals surface area (Å²) in [6, 6.07) is 2.60. The van der Waals surface area contributed by atoms with E-state index in [4.69, 9.17) is 33.5 Å². The molecule has 0 aliphatic heterocycles. The third kappa shape index (κ3) is 6.26. The van der Waals surface area contributed by atoms with Crippen molar-refractivity contribution in [3.63, 3.8) is 0 Å². The van der Waals surface area contributed by atoms with Gasteiger partial charge in [0.05, 0.1) is 70.8 Å². The predicted octanol–water partition coefficient (Wildman–Crippen LogP) is 4.44. The average Bonchev–Trinajstić information content (AvgIpc) is 3.26. The van der Waals surface area contributed by atoms with Crippen LogP contribution in [0.2, 0.25) is 0 Å². The van der Waals surface area contributed by atoms with Crippen molar-refractivity contribution in [2.45, 2.75) is 32.6 Å². The van der Waals surface area contributed by atoms with Crippen LogP contribution in [0.3, 0.4) is 0 Å². The van der Waals surface area contributed by atoms with E-state index in [1.807, 2.05) is 13.0 Å². The number of hydrogen-bond acceptors (Lipinski definition) is 13. The Kier molecular flexibility index (Phi) is 10.5. The maximum absolute atomic E-state index is 13.8. The largest absolute Gasteiger partial charge is 0.505 e. The van der Waals surface area contributed by atoms with Crippen molar-refractivity contribution >= 4 is 60.8 Å². The molecule has 6 rings (SSSR count). The summed E-state index contributed by atoms with van der Waals surface area (Å²) in [7, 11) is 4.30. The second kappa shape index (κ2) is 15.0. The lowest BCUT2D eigenvalue weighted by molar-refractivity contribution is -0.145. The molecule has 270 valence electrons. The van der Waals surface area contributed by atoms with E-state index in [1.165, 1.54) is 33.5 Å². The maximum atomic E-state index is 13.8. The highest BCUT2D eigenvalue weighted by Crippen LogP contribution is 2.56. The number of aliphatic hydroxyl groups is 1. The predicted molar refractivity (Wildman–Crippen MR) is 194 cm³/mol. The Balaban J connectivity index is 1.40. The van der Waals surface area contributed by atoms with Gasteiger partial charge in [0.15, 0.2) is 28.1 Å². The Labute approximate surface area is 292 Å². The summed E-state index contributed by atoms with van der Waals surface area (Å²) in [5.74, 6) is -0.310. The van der Waals surface area contributed by atoms with Gasteiger partial charge in [-0.05, 0) is 37.1 Å². The van der Waals surface area contributed by atoms with Gasteiger partial charge in [0.2, 0.25) is 0 Å². The fourth-order valence-corrected chi connectivity index (χ4v) is 7.20. The number of hydrogen-bond donors (Lipinski definition) is 4. The molecule has 1 aliphatic rings. The fourth-order valence-electron chi connectivity index (χ4n) is 7.20. The summed E-state index contributed by atoms with van der Waals surface area (Å²) in [5, 5.41) is 38.6. The third-order valence-corrected chi connectivity index (χ3v) is 9.25. The SMILES string of the molecule is COc1c(O)c2c(=O)cc(OC)c3c4c(OC)cc(=O)c5c(O)c(NCCCCC(=O)OCCOCCOCCO)c6c(c(c1C=C(C)C6)c23)c54. The number of nitrogens with one attached hydrogen (secondary N) is 1. The minimum Gasteiger partial charge on any atom is -0.505 e. The Bertz CT molecular complexity index is 2260. The second-order valence-electron chi connectivity index (χ2n) is 12.4. The number of unbranched alkanes of at least 4 members (excludes halogenated alkanes) is 1. The molecule has 51 heavy (non-hydrogen) atoms. The molecule has 13 nitrogen and oxygen atoms in total. The summed E-state index contributed by atoms with van der Waals surface area (Å²) >= 11 is 0. The molecule has 0 fully saturated rings. The zero-order chi connectivity index (χ0) is 36.4. The van der Waals surface area contributed by atoms with E-state index in [2.05, 4.69) is 5.32 Å². The number of phenolic OH excluding ortho intramolecular Hbond substituents is 2. The number of anilines is 1. The third-order valence-electron chi connectivity index (χ3n) is 9.25. The highest BCUT2D eigenvalue weighted by atomic mass is 16.6. The summed E-state index contributed by atoms with van der Waals surface area (Å²) in [5.41, 5.74) is 1.53. The van der Waals surface area contributed by atoms with Crippen LogP contribution in [-0.4, -0.2) is 88.8 Å². The standard InChI is InChI=1S/C38H41NO12/c1-19-15-20-27-28-21(16-19)38(48-4)37(45)30-23(42)18-25(47-3)32(34(28)30)31-24(46-2)17-22(41)29(33(27)31)36(44)35(20)39-8-6-5-7-26(43)51-14-13-50-12-11-49-10-9-40/h16-18,39-40,44-45H,5-15H2,1-4H3. The van der Waals surface area contributed by atoms with E-state index < -0.39 is 10.9 Å². The molecular formula is C38H41NO12. The van der Waals surface area contributed by atoms with E-state index in [9.17, 15) is 24.6 Å². The zero-order valence-electron chi connectivity index (χ0n) is 29.0. The number of carbonyl (C=O) groups is 1. The lowest BCUT2D eigenvalue weighted by Crippen LogP contribution is -2.14. The van der Waals surface area contributed by atoms with Gasteiger partial charge in [0.25, 0.3) is 0 Å². The number of esters is 1. The smallest absolute Gasteiger partial charge is 0.305 e. The summed E-state index contributed by atoms with van der Waals surface area (Å²) in [4.78, 5) is 39.7. The van der Waals surface area contributed by atoms with Crippen molar-refractivity contribution in [2.24, 2.45) is 0 Å². The highest BCUT2D eigenvalue weighted by Gasteiger charge is 2.33. The van der Waals surface area contributed by atoms with Crippen LogP contribution in [0.5, 0.6) is 28.7 Å². The van der Waals surface area contributed by atoms with E-state index in [1.54, 1.807) is 0 Å². The Morgan fingerprint density at radius 1 is 0.745 bits per heavy atom. The van der Waals surface area contributed by atoms with Gasteiger partial charge in [-0.2, -0.15) is 0 Å². The van der Waals surface area contributed by atoms with Crippen LogP contribution < -0.4 is 30.4 Å². The molecule has 0 heterocycles. The summed E-state index contributed by atoms with van der Waals surface area (Å²) in [6.07, 6.45) is 3.49. The number of allylic oxidation sites excluding steroid dienone is 1. The first-order valence-electron chi connectivity index (χ1n) is 16.8. The van der Waals surface area contributed by atoms with Crippen LogP contribution in [0.4, 0.5) is 5.69 Å². The zero-order valence-corrected chi connectivity index (χ0v) is 29.0. The molecule has 0 saturated heterocycles. The van der Waals surface area contributed by atoms with Gasteiger partial charge in [0.1, 0.15) is 18.1 Å². The molecular weight excluding hydrogens is 662 g/mol. The molecule has 1 aliphatic carbocycles. The van der Waals surface area contributed by atoms with Crippen molar-refractivity contribution in [3.05, 3.63) is 49.3 Å². The first-order valence-corrected chi connectivity index (χ1v) is 16.8. The van der Waals surface area contributed by atoms with Crippen molar-refractivity contribution < 1.29 is 48.5 Å². The Hall–Kier alpha value is -5.11. The quantitative estimate of drug-likeness (QED) is 0.0351. The van der Waals surface area contributed by atoms with Crippen LogP contribution in [0.1, 0.15) is 37.3 Å². The molecule has 13 heteroatoms. The molecule has 0 aromatic heterocycles. The summed E-state index contributed by atoms with van der Waals surface area (Å²) < 4.78 is 32.9. The molecule has 5 aromatic carbocycles. The van der Waals surface area contributed by atoms with Gasteiger partial charge in [-0.3, -0.25) is 14.4 Å². The lowest BCUT2D eigenvalue weighted by atomic mass is 9.83. The summed E-state index contributed by atoms with van der Waals surface area (Å²) in [6.45, 7) is 3.50. The molecule has 0 bridgehead atoms. The van der Waals surface area contributed by atoms with Gasteiger partial charge in [0, 0.05) is 57.6 Å². The number of rotatable bonds is 17. The van der Waals surface area contributed by atoms with E-state index in [-0.39, 0.29) is 78.3 Å². The second-order valence-corrected chi connectivity index (χ2v) is 12.4. The van der Waals surface area contributed by atoms with Gasteiger partial charge < -0.3 is 49.1 Å². The first kappa shape index (κ1) is 35.7. The fraction of sp³-hybridized carbons (Fsp3) is 0.395. The van der Waals surface area contributed by atoms with Crippen LogP contribution in [0.25, 0.3) is 49.2 Å². The molecule has 0 saturated carbocycles. The van der Waals surface area contributed by atoms with Crippen LogP contribution >= 0.6 is 0 Å².